The summed E-state index contributed by atoms with van der Waals surface area (Å²) in [6, 6.07) is 7.73. The van der Waals surface area contributed by atoms with Gasteiger partial charge in [-0.1, -0.05) is 19.1 Å². The van der Waals surface area contributed by atoms with Crippen LogP contribution in [-0.4, -0.2) is 43.4 Å². The molecule has 126 valence electrons. The zero-order valence-electron chi connectivity index (χ0n) is 14.4. The number of benzene rings is 1. The molecule has 1 atom stereocenters. The van der Waals surface area contributed by atoms with Crippen LogP contribution in [0.2, 0.25) is 0 Å². The number of rotatable bonds is 4. The first-order chi connectivity index (χ1) is 11.1. The van der Waals surface area contributed by atoms with Crippen LogP contribution in [0.5, 0.6) is 0 Å². The number of nitrogens with one attached hydrogen (secondary N) is 2. The van der Waals surface area contributed by atoms with Crippen molar-refractivity contribution in [2.45, 2.75) is 33.2 Å². The lowest BCUT2D eigenvalue weighted by Crippen LogP contribution is -2.45. The van der Waals surface area contributed by atoms with Crippen molar-refractivity contribution < 1.29 is 4.79 Å². The van der Waals surface area contributed by atoms with Gasteiger partial charge in [0.25, 0.3) is 5.91 Å². The minimum atomic E-state index is -0.0245. The van der Waals surface area contributed by atoms with E-state index in [2.05, 4.69) is 27.4 Å². The molecule has 1 saturated heterocycles. The number of guanidine groups is 1. The number of nitrogens with zero attached hydrogens (tertiary/aromatic N) is 2. The van der Waals surface area contributed by atoms with Gasteiger partial charge in [-0.3, -0.25) is 9.79 Å². The summed E-state index contributed by atoms with van der Waals surface area (Å²) in [6.07, 6.45) is 2.51. The third-order valence-corrected chi connectivity index (χ3v) is 4.15. The highest BCUT2D eigenvalue weighted by Crippen LogP contribution is 2.15. The standard InChI is InChI=1S/C18H28N4O/c1-4-20-17(23)16-9-5-8-15(11-16)12-21-18(19-3)22-10-6-7-14(2)13-22/h5,8-9,11,14H,4,6-7,10,12-13H2,1-3H3,(H,19,21)(H,20,23). The number of hydrogen-bond donors (Lipinski definition) is 2. The highest BCUT2D eigenvalue weighted by molar-refractivity contribution is 5.94. The van der Waals surface area contributed by atoms with Gasteiger partial charge in [-0.2, -0.15) is 0 Å². The number of aliphatic imine (C=N–C) groups is 1. The molecule has 2 N–H and O–H groups in total. The van der Waals surface area contributed by atoms with Crippen molar-refractivity contribution in [3.05, 3.63) is 35.4 Å². The summed E-state index contributed by atoms with van der Waals surface area (Å²) < 4.78 is 0. The minimum absolute atomic E-state index is 0.0245. The van der Waals surface area contributed by atoms with Gasteiger partial charge in [-0.05, 0) is 43.4 Å². The van der Waals surface area contributed by atoms with Gasteiger partial charge in [0, 0.05) is 38.8 Å². The van der Waals surface area contributed by atoms with E-state index in [1.165, 1.54) is 12.8 Å². The lowest BCUT2D eigenvalue weighted by molar-refractivity contribution is 0.0955. The molecule has 0 spiro atoms. The van der Waals surface area contributed by atoms with Gasteiger partial charge < -0.3 is 15.5 Å². The molecule has 0 aliphatic carbocycles. The maximum atomic E-state index is 11.9. The monoisotopic (exact) mass is 316 g/mol. The smallest absolute Gasteiger partial charge is 0.251 e. The second kappa shape index (κ2) is 8.56. The highest BCUT2D eigenvalue weighted by Gasteiger charge is 2.19. The summed E-state index contributed by atoms with van der Waals surface area (Å²) >= 11 is 0. The van der Waals surface area contributed by atoms with E-state index in [-0.39, 0.29) is 5.91 Å². The average molecular weight is 316 g/mol. The Morgan fingerprint density at radius 3 is 2.91 bits per heavy atom. The molecule has 1 aliphatic rings. The summed E-state index contributed by atoms with van der Waals surface area (Å²) in [5.41, 5.74) is 1.78. The number of piperidine rings is 1. The molecule has 1 aliphatic heterocycles. The number of hydrogen-bond acceptors (Lipinski definition) is 2. The van der Waals surface area contributed by atoms with E-state index in [1.807, 2.05) is 38.2 Å². The lowest BCUT2D eigenvalue weighted by atomic mass is 10.0. The molecule has 23 heavy (non-hydrogen) atoms. The molecular weight excluding hydrogens is 288 g/mol. The van der Waals surface area contributed by atoms with Gasteiger partial charge in [-0.25, -0.2) is 0 Å². The summed E-state index contributed by atoms with van der Waals surface area (Å²) in [5, 5.41) is 6.25. The summed E-state index contributed by atoms with van der Waals surface area (Å²) in [5.74, 6) is 1.63. The van der Waals surface area contributed by atoms with Crippen LogP contribution in [0.4, 0.5) is 0 Å². The van der Waals surface area contributed by atoms with Crippen LogP contribution >= 0.6 is 0 Å². The number of amides is 1. The van der Waals surface area contributed by atoms with Crippen molar-refractivity contribution >= 4 is 11.9 Å². The molecule has 1 fully saturated rings. The zero-order chi connectivity index (χ0) is 16.7. The normalized spacial score (nSPS) is 18.7. The Kier molecular flexibility index (Phi) is 6.44. The van der Waals surface area contributed by atoms with E-state index < -0.39 is 0 Å². The SMILES string of the molecule is CCNC(=O)c1cccc(CNC(=NC)N2CCCC(C)C2)c1. The van der Waals surface area contributed by atoms with Crippen LogP contribution in [0.25, 0.3) is 0 Å². The second-order valence-corrected chi connectivity index (χ2v) is 6.15. The predicted molar refractivity (Wildman–Crippen MR) is 94.6 cm³/mol. The van der Waals surface area contributed by atoms with Crippen molar-refractivity contribution in [3.63, 3.8) is 0 Å². The summed E-state index contributed by atoms with van der Waals surface area (Å²) in [7, 11) is 1.83. The van der Waals surface area contributed by atoms with E-state index in [4.69, 9.17) is 0 Å². The summed E-state index contributed by atoms with van der Waals surface area (Å²) in [6.45, 7) is 7.63. The van der Waals surface area contributed by atoms with E-state index >= 15 is 0 Å². The van der Waals surface area contributed by atoms with E-state index in [0.717, 1.165) is 24.6 Å². The van der Waals surface area contributed by atoms with Gasteiger partial charge in [0.05, 0.1) is 0 Å². The van der Waals surface area contributed by atoms with Crippen LogP contribution in [0, 0.1) is 5.92 Å². The Morgan fingerprint density at radius 2 is 2.22 bits per heavy atom. The second-order valence-electron chi connectivity index (χ2n) is 6.15. The topological polar surface area (TPSA) is 56.7 Å². The third-order valence-electron chi connectivity index (χ3n) is 4.15. The van der Waals surface area contributed by atoms with Crippen molar-refractivity contribution in [2.75, 3.05) is 26.7 Å². The lowest BCUT2D eigenvalue weighted by Gasteiger charge is -2.33. The Hall–Kier alpha value is -2.04. The first-order valence-corrected chi connectivity index (χ1v) is 8.46. The molecular formula is C18H28N4O. The predicted octanol–water partition coefficient (Wildman–Crippen LogP) is 2.24. The Labute approximate surface area is 139 Å². The fourth-order valence-electron chi connectivity index (χ4n) is 2.98. The van der Waals surface area contributed by atoms with Crippen LogP contribution < -0.4 is 10.6 Å². The van der Waals surface area contributed by atoms with Crippen molar-refractivity contribution in [1.82, 2.24) is 15.5 Å². The quantitative estimate of drug-likeness (QED) is 0.662. The molecule has 1 aromatic carbocycles. The van der Waals surface area contributed by atoms with Crippen LogP contribution in [0.15, 0.2) is 29.3 Å². The minimum Gasteiger partial charge on any atom is -0.352 e. The Balaban J connectivity index is 1.96. The summed E-state index contributed by atoms with van der Waals surface area (Å²) in [4.78, 5) is 18.6. The number of carbonyl (C=O) groups is 1. The van der Waals surface area contributed by atoms with Crippen LogP contribution in [0.3, 0.4) is 0 Å². The van der Waals surface area contributed by atoms with Gasteiger partial charge in [0.2, 0.25) is 0 Å². The zero-order valence-corrected chi connectivity index (χ0v) is 14.4. The maximum absolute atomic E-state index is 11.9. The molecule has 0 bridgehead atoms. The first-order valence-electron chi connectivity index (χ1n) is 8.46. The molecule has 5 heteroatoms. The molecule has 2 rings (SSSR count). The van der Waals surface area contributed by atoms with Gasteiger partial charge in [0.1, 0.15) is 0 Å². The van der Waals surface area contributed by atoms with Gasteiger partial charge in [0.15, 0.2) is 5.96 Å². The molecule has 0 saturated carbocycles. The molecule has 5 nitrogen and oxygen atoms in total. The molecule has 1 amide bonds. The van der Waals surface area contributed by atoms with Crippen molar-refractivity contribution in [2.24, 2.45) is 10.9 Å². The molecule has 0 aromatic heterocycles. The molecule has 1 aromatic rings. The Bertz CT molecular complexity index is 556. The van der Waals surface area contributed by atoms with E-state index in [1.54, 1.807) is 0 Å². The van der Waals surface area contributed by atoms with Gasteiger partial charge >= 0.3 is 0 Å². The largest absolute Gasteiger partial charge is 0.352 e. The number of carbonyl (C=O) groups excluding carboxylic acids is 1. The fourth-order valence-corrected chi connectivity index (χ4v) is 2.98. The Morgan fingerprint density at radius 1 is 1.39 bits per heavy atom. The van der Waals surface area contributed by atoms with Gasteiger partial charge in [-0.15, -0.1) is 0 Å². The van der Waals surface area contributed by atoms with Crippen LogP contribution in [0.1, 0.15) is 42.6 Å². The number of likely N-dealkylation sites (tertiary alicyclic amines) is 1. The molecule has 1 heterocycles. The highest BCUT2D eigenvalue weighted by atomic mass is 16.1. The molecule has 0 radical (unpaired) electrons. The maximum Gasteiger partial charge on any atom is 0.251 e. The van der Waals surface area contributed by atoms with E-state index in [0.29, 0.717) is 24.6 Å². The average Bonchev–Trinajstić information content (AvgIpc) is 2.56. The van der Waals surface area contributed by atoms with Crippen LogP contribution in [-0.2, 0) is 6.54 Å². The first kappa shape index (κ1) is 17.3. The molecule has 1 unspecified atom stereocenters. The van der Waals surface area contributed by atoms with E-state index in [9.17, 15) is 4.79 Å². The fraction of sp³-hybridized carbons (Fsp3) is 0.556. The van der Waals surface area contributed by atoms with Crippen molar-refractivity contribution in [3.8, 4) is 0 Å². The third kappa shape index (κ3) is 4.98. The van der Waals surface area contributed by atoms with Crippen molar-refractivity contribution in [1.29, 1.82) is 0 Å².